The van der Waals surface area contributed by atoms with Gasteiger partial charge in [-0.15, -0.1) is 11.3 Å². The number of phenolic OH excluding ortho intramolecular Hbond substituents is 1. The van der Waals surface area contributed by atoms with E-state index in [1.165, 1.54) is 24.7 Å². The van der Waals surface area contributed by atoms with Gasteiger partial charge in [0.1, 0.15) is 0 Å². The second kappa shape index (κ2) is 7.33. The third kappa shape index (κ3) is 3.68. The number of nitrogens with one attached hydrogen (secondary N) is 1. The van der Waals surface area contributed by atoms with Gasteiger partial charge in [-0.25, -0.2) is 0 Å². The van der Waals surface area contributed by atoms with Crippen LogP contribution in [0.15, 0.2) is 23.6 Å². The van der Waals surface area contributed by atoms with Crippen molar-refractivity contribution in [3.63, 3.8) is 0 Å². The van der Waals surface area contributed by atoms with Gasteiger partial charge in [-0.05, 0) is 41.1 Å². The van der Waals surface area contributed by atoms with E-state index in [0.717, 1.165) is 18.5 Å². The number of hydrogen-bond acceptors (Lipinski definition) is 5. The van der Waals surface area contributed by atoms with Crippen molar-refractivity contribution in [3.05, 3.63) is 39.6 Å². The fourth-order valence-corrected chi connectivity index (χ4v) is 3.15. The van der Waals surface area contributed by atoms with Crippen LogP contribution >= 0.6 is 11.3 Å². The van der Waals surface area contributed by atoms with Crippen LogP contribution < -0.4 is 14.8 Å². The van der Waals surface area contributed by atoms with E-state index in [0.29, 0.717) is 18.0 Å². The summed E-state index contributed by atoms with van der Waals surface area (Å²) in [6, 6.07) is 5.81. The number of phenols is 1. The van der Waals surface area contributed by atoms with Gasteiger partial charge in [0.05, 0.1) is 14.2 Å². The highest BCUT2D eigenvalue weighted by Crippen LogP contribution is 2.37. The van der Waals surface area contributed by atoms with Crippen LogP contribution in [0.1, 0.15) is 22.9 Å². The lowest BCUT2D eigenvalue weighted by molar-refractivity contribution is 0.339. The van der Waals surface area contributed by atoms with Crippen molar-refractivity contribution in [3.8, 4) is 17.2 Å². The lowest BCUT2D eigenvalue weighted by Gasteiger charge is -2.12. The van der Waals surface area contributed by atoms with Gasteiger partial charge < -0.3 is 19.9 Å². The summed E-state index contributed by atoms with van der Waals surface area (Å²) < 4.78 is 10.3. The molecule has 114 valence electrons. The van der Waals surface area contributed by atoms with Crippen molar-refractivity contribution in [2.45, 2.75) is 26.4 Å². The minimum Gasteiger partial charge on any atom is -0.502 e. The Kier molecular flexibility index (Phi) is 5.47. The molecule has 1 aromatic carbocycles. The molecule has 0 radical (unpaired) electrons. The predicted molar refractivity (Wildman–Crippen MR) is 85.5 cm³/mol. The van der Waals surface area contributed by atoms with Crippen molar-refractivity contribution >= 4 is 11.3 Å². The molecular weight excluding hydrogens is 286 g/mol. The molecule has 0 amide bonds. The van der Waals surface area contributed by atoms with Crippen molar-refractivity contribution in [1.82, 2.24) is 5.32 Å². The van der Waals surface area contributed by atoms with Crippen LogP contribution in [0.4, 0.5) is 0 Å². The second-order valence-corrected chi connectivity index (χ2v) is 5.68. The van der Waals surface area contributed by atoms with E-state index in [2.05, 4.69) is 23.7 Å². The molecule has 0 aliphatic heterocycles. The standard InChI is InChI=1S/C16H21NO3S/c1-4-12-5-6-21-15(12)10-17-9-11-7-13(19-2)16(18)14(8-11)20-3/h5-8,17-18H,4,9-10H2,1-3H3. The molecule has 4 nitrogen and oxygen atoms in total. The molecule has 2 rings (SSSR count). The molecule has 0 spiro atoms. The number of thiophene rings is 1. The maximum Gasteiger partial charge on any atom is 0.200 e. The maximum absolute atomic E-state index is 9.89. The Hall–Kier alpha value is -1.72. The fourth-order valence-electron chi connectivity index (χ4n) is 2.21. The average Bonchev–Trinajstić information content (AvgIpc) is 2.96. The summed E-state index contributed by atoms with van der Waals surface area (Å²) in [5.41, 5.74) is 2.41. The molecule has 0 aliphatic carbocycles. The topological polar surface area (TPSA) is 50.7 Å². The molecule has 2 aromatic rings. The quantitative estimate of drug-likeness (QED) is 0.824. The molecule has 0 saturated carbocycles. The van der Waals surface area contributed by atoms with E-state index < -0.39 is 0 Å². The van der Waals surface area contributed by atoms with Crippen LogP contribution in [0, 0.1) is 0 Å². The van der Waals surface area contributed by atoms with Crippen LogP contribution in [-0.2, 0) is 19.5 Å². The molecule has 0 saturated heterocycles. The van der Waals surface area contributed by atoms with Gasteiger partial charge in [-0.3, -0.25) is 0 Å². The number of benzene rings is 1. The van der Waals surface area contributed by atoms with Gasteiger partial charge in [0.25, 0.3) is 0 Å². The minimum atomic E-state index is 0.0373. The van der Waals surface area contributed by atoms with Crippen molar-refractivity contribution in [2.75, 3.05) is 14.2 Å². The number of rotatable bonds is 7. The Morgan fingerprint density at radius 3 is 2.38 bits per heavy atom. The molecule has 0 bridgehead atoms. The van der Waals surface area contributed by atoms with Crippen LogP contribution in [-0.4, -0.2) is 19.3 Å². The first kappa shape index (κ1) is 15.7. The van der Waals surface area contributed by atoms with E-state index in [1.807, 2.05) is 12.1 Å². The smallest absolute Gasteiger partial charge is 0.200 e. The van der Waals surface area contributed by atoms with Crippen LogP contribution in [0.5, 0.6) is 17.2 Å². The molecule has 5 heteroatoms. The number of aromatic hydroxyl groups is 1. The zero-order valence-electron chi connectivity index (χ0n) is 12.6. The summed E-state index contributed by atoms with van der Waals surface area (Å²) in [6.07, 6.45) is 1.06. The van der Waals surface area contributed by atoms with E-state index >= 15 is 0 Å². The number of hydrogen-bond donors (Lipinski definition) is 2. The highest BCUT2D eigenvalue weighted by Gasteiger charge is 2.11. The van der Waals surface area contributed by atoms with E-state index in [-0.39, 0.29) is 5.75 Å². The summed E-state index contributed by atoms with van der Waals surface area (Å²) in [5, 5.41) is 15.4. The van der Waals surface area contributed by atoms with E-state index in [9.17, 15) is 5.11 Å². The molecule has 0 fully saturated rings. The van der Waals surface area contributed by atoms with Crippen molar-refractivity contribution < 1.29 is 14.6 Å². The Bertz CT molecular complexity index is 570. The van der Waals surface area contributed by atoms with Gasteiger partial charge in [0.2, 0.25) is 5.75 Å². The molecule has 2 N–H and O–H groups in total. The molecular formula is C16H21NO3S. The summed E-state index contributed by atoms with van der Waals surface area (Å²) in [5.74, 6) is 0.892. The maximum atomic E-state index is 9.89. The summed E-state index contributed by atoms with van der Waals surface area (Å²) in [6.45, 7) is 3.70. The highest BCUT2D eigenvalue weighted by molar-refractivity contribution is 7.10. The van der Waals surface area contributed by atoms with Gasteiger partial charge in [-0.1, -0.05) is 6.92 Å². The zero-order chi connectivity index (χ0) is 15.2. The Morgan fingerprint density at radius 2 is 1.81 bits per heavy atom. The number of ether oxygens (including phenoxy) is 2. The SMILES string of the molecule is CCc1ccsc1CNCc1cc(OC)c(O)c(OC)c1. The average molecular weight is 307 g/mol. The lowest BCUT2D eigenvalue weighted by atomic mass is 10.1. The zero-order valence-corrected chi connectivity index (χ0v) is 13.4. The lowest BCUT2D eigenvalue weighted by Crippen LogP contribution is -2.13. The number of methoxy groups -OCH3 is 2. The molecule has 1 aromatic heterocycles. The molecule has 0 unspecified atom stereocenters. The van der Waals surface area contributed by atoms with Crippen LogP contribution in [0.25, 0.3) is 0 Å². The molecule has 21 heavy (non-hydrogen) atoms. The van der Waals surface area contributed by atoms with Gasteiger partial charge >= 0.3 is 0 Å². The molecule has 1 heterocycles. The van der Waals surface area contributed by atoms with Gasteiger partial charge in [0, 0.05) is 18.0 Å². The Balaban J connectivity index is 2.03. The number of aryl methyl sites for hydroxylation is 1. The third-order valence-corrected chi connectivity index (χ3v) is 4.34. The largest absolute Gasteiger partial charge is 0.502 e. The van der Waals surface area contributed by atoms with Crippen LogP contribution in [0.2, 0.25) is 0 Å². The fraction of sp³-hybridized carbons (Fsp3) is 0.375. The van der Waals surface area contributed by atoms with Crippen molar-refractivity contribution in [1.29, 1.82) is 0 Å². The third-order valence-electron chi connectivity index (χ3n) is 3.37. The summed E-state index contributed by atoms with van der Waals surface area (Å²) in [4.78, 5) is 1.37. The normalized spacial score (nSPS) is 10.6. The second-order valence-electron chi connectivity index (χ2n) is 4.68. The first-order valence-corrected chi connectivity index (χ1v) is 7.77. The van der Waals surface area contributed by atoms with Gasteiger partial charge in [-0.2, -0.15) is 0 Å². The summed E-state index contributed by atoms with van der Waals surface area (Å²) in [7, 11) is 3.07. The Morgan fingerprint density at radius 1 is 1.14 bits per heavy atom. The first-order valence-electron chi connectivity index (χ1n) is 6.89. The molecule has 0 atom stereocenters. The Labute approximate surface area is 129 Å². The van der Waals surface area contributed by atoms with E-state index in [4.69, 9.17) is 9.47 Å². The molecule has 0 aliphatic rings. The monoisotopic (exact) mass is 307 g/mol. The predicted octanol–water partition coefficient (Wildman–Crippen LogP) is 3.32. The van der Waals surface area contributed by atoms with Gasteiger partial charge in [0.15, 0.2) is 11.5 Å². The summed E-state index contributed by atoms with van der Waals surface area (Å²) >= 11 is 1.78. The minimum absolute atomic E-state index is 0.0373. The van der Waals surface area contributed by atoms with E-state index in [1.54, 1.807) is 11.3 Å². The highest BCUT2D eigenvalue weighted by atomic mass is 32.1. The van der Waals surface area contributed by atoms with Crippen LogP contribution in [0.3, 0.4) is 0 Å². The van der Waals surface area contributed by atoms with Crippen molar-refractivity contribution in [2.24, 2.45) is 0 Å². The first-order chi connectivity index (χ1) is 10.2.